The summed E-state index contributed by atoms with van der Waals surface area (Å²) in [6, 6.07) is 7.53. The molecule has 7 heteroatoms. The number of hydrogen-bond donors (Lipinski definition) is 3. The lowest BCUT2D eigenvalue weighted by Crippen LogP contribution is -2.17. The summed E-state index contributed by atoms with van der Waals surface area (Å²) in [5.41, 5.74) is 2.39. The van der Waals surface area contributed by atoms with E-state index in [1.165, 1.54) is 25.5 Å². The van der Waals surface area contributed by atoms with Gasteiger partial charge in [-0.05, 0) is 30.3 Å². The number of aromatic hydroxyl groups is 2. The second-order valence-electron chi connectivity index (χ2n) is 4.29. The molecule has 0 atom stereocenters. The Hall–Kier alpha value is -3.09. The molecule has 0 radical (unpaired) electrons. The van der Waals surface area contributed by atoms with Gasteiger partial charge in [0.2, 0.25) is 0 Å². The van der Waals surface area contributed by atoms with E-state index < -0.39 is 17.5 Å². The number of carbonyl (C=O) groups excluding carboxylic acids is 1. The van der Waals surface area contributed by atoms with E-state index in [1.54, 1.807) is 6.07 Å². The molecule has 0 saturated heterocycles. The first-order valence-corrected chi connectivity index (χ1v) is 6.20. The largest absolute Gasteiger partial charge is 0.507 e. The van der Waals surface area contributed by atoms with E-state index in [-0.39, 0.29) is 11.3 Å². The fraction of sp³-hybridized carbons (Fsp3) is 0.0667. The van der Waals surface area contributed by atoms with Gasteiger partial charge in [0, 0.05) is 11.6 Å². The number of methoxy groups -OCH3 is 1. The standard InChI is InChI=1S/C15H13FN2O4/c1-22-11-3-5-13(19)9(6-11)8-17-18-15(21)12-4-2-10(16)7-14(12)20/h2-8,19-20H,1H3,(H,18,21)/b17-8+. The minimum atomic E-state index is -0.712. The first kappa shape index (κ1) is 15.3. The number of hydrogen-bond acceptors (Lipinski definition) is 5. The van der Waals surface area contributed by atoms with Crippen LogP contribution in [-0.4, -0.2) is 29.4 Å². The van der Waals surface area contributed by atoms with Crippen molar-refractivity contribution in [1.29, 1.82) is 0 Å². The molecule has 0 aromatic heterocycles. The van der Waals surface area contributed by atoms with E-state index >= 15 is 0 Å². The van der Waals surface area contributed by atoms with Crippen molar-refractivity contribution in [1.82, 2.24) is 5.43 Å². The molecular formula is C15H13FN2O4. The Bertz CT molecular complexity index is 731. The zero-order valence-electron chi connectivity index (χ0n) is 11.6. The Morgan fingerprint density at radius 1 is 1.23 bits per heavy atom. The van der Waals surface area contributed by atoms with Gasteiger partial charge in [-0.15, -0.1) is 0 Å². The van der Waals surface area contributed by atoms with Crippen molar-refractivity contribution in [2.75, 3.05) is 7.11 Å². The summed E-state index contributed by atoms with van der Waals surface area (Å²) in [6.45, 7) is 0. The number of phenolic OH excluding ortho intramolecular Hbond substituents is 2. The predicted octanol–water partition coefficient (Wildman–Crippen LogP) is 2.01. The number of nitrogens with zero attached hydrogens (tertiary/aromatic N) is 1. The number of carbonyl (C=O) groups is 1. The third kappa shape index (κ3) is 3.51. The Balaban J connectivity index is 2.10. The fourth-order valence-electron chi connectivity index (χ4n) is 1.68. The lowest BCUT2D eigenvalue weighted by atomic mass is 10.2. The molecule has 0 aliphatic heterocycles. The van der Waals surface area contributed by atoms with Crippen LogP contribution in [0.3, 0.4) is 0 Å². The highest BCUT2D eigenvalue weighted by Gasteiger charge is 2.11. The second kappa shape index (κ2) is 6.57. The highest BCUT2D eigenvalue weighted by molar-refractivity contribution is 5.97. The zero-order valence-corrected chi connectivity index (χ0v) is 11.6. The SMILES string of the molecule is COc1ccc(O)c(/C=N/NC(=O)c2ccc(F)cc2O)c1. The molecule has 22 heavy (non-hydrogen) atoms. The van der Waals surface area contributed by atoms with Crippen LogP contribution in [0.25, 0.3) is 0 Å². The molecule has 0 spiro atoms. The maximum atomic E-state index is 12.8. The van der Waals surface area contributed by atoms with Crippen molar-refractivity contribution in [3.63, 3.8) is 0 Å². The third-order valence-electron chi connectivity index (χ3n) is 2.81. The predicted molar refractivity (Wildman–Crippen MR) is 77.8 cm³/mol. The van der Waals surface area contributed by atoms with Crippen LogP contribution in [0.1, 0.15) is 15.9 Å². The molecule has 0 heterocycles. The summed E-state index contributed by atoms with van der Waals surface area (Å²) in [5.74, 6) is -1.38. The molecule has 0 aliphatic rings. The Labute approximate surface area is 125 Å². The van der Waals surface area contributed by atoms with E-state index in [4.69, 9.17) is 4.74 Å². The molecule has 0 fully saturated rings. The van der Waals surface area contributed by atoms with Crippen LogP contribution in [-0.2, 0) is 0 Å². The van der Waals surface area contributed by atoms with Crippen LogP contribution in [0.5, 0.6) is 17.2 Å². The smallest absolute Gasteiger partial charge is 0.275 e. The molecule has 0 saturated carbocycles. The van der Waals surface area contributed by atoms with Crippen LogP contribution in [0.2, 0.25) is 0 Å². The molecule has 0 aliphatic carbocycles. The van der Waals surface area contributed by atoms with Crippen molar-refractivity contribution in [2.24, 2.45) is 5.10 Å². The average molecular weight is 304 g/mol. The number of nitrogens with one attached hydrogen (secondary N) is 1. The molecule has 0 bridgehead atoms. The number of hydrazone groups is 1. The van der Waals surface area contributed by atoms with Gasteiger partial charge in [-0.25, -0.2) is 9.82 Å². The van der Waals surface area contributed by atoms with Crippen molar-refractivity contribution >= 4 is 12.1 Å². The van der Waals surface area contributed by atoms with Gasteiger partial charge < -0.3 is 14.9 Å². The minimum Gasteiger partial charge on any atom is -0.507 e. The lowest BCUT2D eigenvalue weighted by molar-refractivity contribution is 0.0952. The van der Waals surface area contributed by atoms with Crippen molar-refractivity contribution in [3.8, 4) is 17.2 Å². The lowest BCUT2D eigenvalue weighted by Gasteiger charge is -2.04. The summed E-state index contributed by atoms with van der Waals surface area (Å²) < 4.78 is 17.8. The Kier molecular flexibility index (Phi) is 4.57. The molecule has 2 aromatic carbocycles. The maximum absolute atomic E-state index is 12.8. The summed E-state index contributed by atoms with van der Waals surface area (Å²) in [7, 11) is 1.48. The Morgan fingerprint density at radius 2 is 2.00 bits per heavy atom. The van der Waals surface area contributed by atoms with E-state index in [1.807, 2.05) is 0 Å². The van der Waals surface area contributed by atoms with Gasteiger partial charge in [-0.3, -0.25) is 4.79 Å². The average Bonchev–Trinajstić information content (AvgIpc) is 2.49. The monoisotopic (exact) mass is 304 g/mol. The quantitative estimate of drug-likeness (QED) is 0.595. The number of rotatable bonds is 4. The van der Waals surface area contributed by atoms with Crippen LogP contribution in [0.15, 0.2) is 41.5 Å². The van der Waals surface area contributed by atoms with E-state index in [0.717, 1.165) is 18.2 Å². The van der Waals surface area contributed by atoms with Crippen molar-refractivity contribution in [2.45, 2.75) is 0 Å². The Morgan fingerprint density at radius 3 is 2.68 bits per heavy atom. The summed E-state index contributed by atoms with van der Waals surface area (Å²) in [4.78, 5) is 11.8. The first-order valence-electron chi connectivity index (χ1n) is 6.20. The number of benzene rings is 2. The van der Waals surface area contributed by atoms with Gasteiger partial charge >= 0.3 is 0 Å². The maximum Gasteiger partial charge on any atom is 0.275 e. The molecule has 0 unspecified atom stereocenters. The minimum absolute atomic E-state index is 0.0385. The molecule has 1 amide bonds. The summed E-state index contributed by atoms with van der Waals surface area (Å²) >= 11 is 0. The van der Waals surface area contributed by atoms with E-state index in [0.29, 0.717) is 11.3 Å². The molecule has 2 rings (SSSR count). The van der Waals surface area contributed by atoms with Gasteiger partial charge in [-0.2, -0.15) is 5.10 Å². The second-order valence-corrected chi connectivity index (χ2v) is 4.29. The van der Waals surface area contributed by atoms with Gasteiger partial charge in [0.05, 0.1) is 18.9 Å². The van der Waals surface area contributed by atoms with Gasteiger partial charge in [0.1, 0.15) is 23.1 Å². The molecule has 3 N–H and O–H groups in total. The highest BCUT2D eigenvalue weighted by Crippen LogP contribution is 2.21. The topological polar surface area (TPSA) is 91.2 Å². The van der Waals surface area contributed by atoms with E-state index in [2.05, 4.69) is 10.5 Å². The molecule has 2 aromatic rings. The number of ether oxygens (including phenoxy) is 1. The molecule has 6 nitrogen and oxygen atoms in total. The van der Waals surface area contributed by atoms with Gasteiger partial charge in [0.15, 0.2) is 0 Å². The van der Waals surface area contributed by atoms with Gasteiger partial charge in [0.25, 0.3) is 5.91 Å². The third-order valence-corrected chi connectivity index (χ3v) is 2.81. The van der Waals surface area contributed by atoms with Crippen LogP contribution in [0, 0.1) is 5.82 Å². The number of halogens is 1. The summed E-state index contributed by atoms with van der Waals surface area (Å²) in [6.07, 6.45) is 1.22. The highest BCUT2D eigenvalue weighted by atomic mass is 19.1. The van der Waals surface area contributed by atoms with E-state index in [9.17, 15) is 19.4 Å². The van der Waals surface area contributed by atoms with Crippen LogP contribution in [0.4, 0.5) is 4.39 Å². The normalized spacial score (nSPS) is 10.6. The fourth-order valence-corrected chi connectivity index (χ4v) is 1.68. The van der Waals surface area contributed by atoms with Crippen LogP contribution >= 0.6 is 0 Å². The number of amides is 1. The van der Waals surface area contributed by atoms with Gasteiger partial charge in [-0.1, -0.05) is 0 Å². The van der Waals surface area contributed by atoms with Crippen molar-refractivity contribution in [3.05, 3.63) is 53.3 Å². The molecular weight excluding hydrogens is 291 g/mol. The van der Waals surface area contributed by atoms with Crippen LogP contribution < -0.4 is 10.2 Å². The summed E-state index contributed by atoms with van der Waals surface area (Å²) in [5, 5.41) is 22.8. The zero-order chi connectivity index (χ0) is 16.1. The number of phenols is 2. The first-order chi connectivity index (χ1) is 10.5. The molecule has 114 valence electrons. The van der Waals surface area contributed by atoms with Crippen molar-refractivity contribution < 1.29 is 24.1 Å².